The number of hydrogen-bond donors (Lipinski definition) is 0. The minimum absolute atomic E-state index is 0.614. The summed E-state index contributed by atoms with van der Waals surface area (Å²) < 4.78 is 8.57. The zero-order valence-electron chi connectivity index (χ0n) is 27.9. The van der Waals surface area contributed by atoms with Gasteiger partial charge in [0.1, 0.15) is 11.2 Å². The van der Waals surface area contributed by atoms with E-state index in [1.165, 1.54) is 16.2 Å². The van der Waals surface area contributed by atoms with Crippen LogP contribution in [0.4, 0.5) is 0 Å². The average molecular weight is 665 g/mol. The van der Waals surface area contributed by atoms with Crippen LogP contribution in [0.5, 0.6) is 0 Å². The van der Waals surface area contributed by atoms with Gasteiger partial charge < -0.3 is 8.98 Å². The van der Waals surface area contributed by atoms with Crippen molar-refractivity contribution < 1.29 is 4.42 Å². The summed E-state index contributed by atoms with van der Waals surface area (Å²) in [6.45, 7) is 0. The molecule has 0 unspecified atom stereocenters. The summed E-state index contributed by atoms with van der Waals surface area (Å²) in [6.07, 6.45) is 0. The zero-order chi connectivity index (χ0) is 34.2. The molecule has 11 rings (SSSR count). The Kier molecular flexibility index (Phi) is 6.18. The highest BCUT2D eigenvalue weighted by Gasteiger charge is 2.18. The quantitative estimate of drug-likeness (QED) is 0.188. The summed E-state index contributed by atoms with van der Waals surface area (Å²) >= 11 is 0. The van der Waals surface area contributed by atoms with Crippen LogP contribution in [0, 0.1) is 0 Å². The van der Waals surface area contributed by atoms with Crippen LogP contribution in [0.15, 0.2) is 174 Å². The van der Waals surface area contributed by atoms with Crippen molar-refractivity contribution in [2.45, 2.75) is 0 Å². The standard InChI is InChI=1S/C47H28N4O/c1-2-12-30-25-33(24-23-29(30)11-1)46-48-45(32-14-9-15-34(26-32)51-41-20-6-3-16-35(41)36-17-4-7-21-42(36)51)49-47(50-46)38-19-10-13-31-27-44-40(28-39(31)38)37-18-5-8-22-43(37)52-44/h1-28H. The van der Waals surface area contributed by atoms with Crippen LogP contribution >= 0.6 is 0 Å². The molecule has 11 aromatic rings. The third-order valence-corrected chi connectivity index (χ3v) is 10.2. The summed E-state index contributed by atoms with van der Waals surface area (Å²) in [6, 6.07) is 59.2. The SMILES string of the molecule is c1cc(-c2nc(-c3ccc4ccccc4c3)nc(-c3cccc4cc5oc6ccccc6c5cc34)n2)cc(-n2c3ccccc3c3ccccc32)c1. The van der Waals surface area contributed by atoms with Gasteiger partial charge in [0.2, 0.25) is 0 Å². The monoisotopic (exact) mass is 664 g/mol. The Bertz CT molecular complexity index is 3150. The first-order chi connectivity index (χ1) is 25.7. The lowest BCUT2D eigenvalue weighted by atomic mass is 10.0. The van der Waals surface area contributed by atoms with Crippen molar-refractivity contribution in [3.05, 3.63) is 170 Å². The first-order valence-corrected chi connectivity index (χ1v) is 17.4. The number of furan rings is 1. The van der Waals surface area contributed by atoms with E-state index in [-0.39, 0.29) is 0 Å². The molecule has 3 aromatic heterocycles. The normalized spacial score (nSPS) is 11.8. The van der Waals surface area contributed by atoms with Crippen LogP contribution in [0.25, 0.3) is 105 Å². The van der Waals surface area contributed by atoms with E-state index in [0.717, 1.165) is 71.5 Å². The molecule has 3 heterocycles. The molecule has 0 saturated heterocycles. The third-order valence-electron chi connectivity index (χ3n) is 10.2. The van der Waals surface area contributed by atoms with E-state index in [1.807, 2.05) is 12.1 Å². The van der Waals surface area contributed by atoms with Crippen molar-refractivity contribution >= 4 is 65.3 Å². The number of fused-ring (bicyclic) bond motifs is 8. The maximum atomic E-state index is 6.25. The Hall–Kier alpha value is -7.11. The van der Waals surface area contributed by atoms with Gasteiger partial charge in [-0.15, -0.1) is 0 Å². The van der Waals surface area contributed by atoms with E-state index < -0.39 is 0 Å². The number of rotatable bonds is 4. The highest BCUT2D eigenvalue weighted by Crippen LogP contribution is 2.37. The number of para-hydroxylation sites is 3. The summed E-state index contributed by atoms with van der Waals surface area (Å²) in [4.78, 5) is 15.6. The minimum atomic E-state index is 0.614. The zero-order valence-corrected chi connectivity index (χ0v) is 27.9. The van der Waals surface area contributed by atoms with Crippen molar-refractivity contribution in [2.24, 2.45) is 0 Å². The van der Waals surface area contributed by atoms with Crippen LogP contribution in [-0.2, 0) is 0 Å². The second-order valence-electron chi connectivity index (χ2n) is 13.3. The van der Waals surface area contributed by atoms with Gasteiger partial charge in [-0.05, 0) is 70.1 Å². The summed E-state index contributed by atoms with van der Waals surface area (Å²) in [5.74, 6) is 1.86. The maximum Gasteiger partial charge on any atom is 0.164 e. The lowest BCUT2D eigenvalue weighted by Gasteiger charge is -2.12. The van der Waals surface area contributed by atoms with Crippen LogP contribution in [0.2, 0.25) is 0 Å². The molecule has 0 fully saturated rings. The van der Waals surface area contributed by atoms with Gasteiger partial charge in [0.05, 0.1) is 11.0 Å². The van der Waals surface area contributed by atoms with Gasteiger partial charge in [-0.2, -0.15) is 0 Å². The smallest absolute Gasteiger partial charge is 0.164 e. The fourth-order valence-corrected chi connectivity index (χ4v) is 7.76. The topological polar surface area (TPSA) is 56.7 Å². The molecule has 5 heteroatoms. The molecule has 0 radical (unpaired) electrons. The van der Waals surface area contributed by atoms with Gasteiger partial charge >= 0.3 is 0 Å². The fraction of sp³-hybridized carbons (Fsp3) is 0. The van der Waals surface area contributed by atoms with Gasteiger partial charge in [0.15, 0.2) is 17.5 Å². The molecule has 0 atom stereocenters. The summed E-state index contributed by atoms with van der Waals surface area (Å²) in [5, 5.41) is 9.03. The lowest BCUT2D eigenvalue weighted by molar-refractivity contribution is 0.669. The van der Waals surface area contributed by atoms with Gasteiger partial charge in [-0.3, -0.25) is 0 Å². The predicted octanol–water partition coefficient (Wildman–Crippen LogP) is 12.2. The van der Waals surface area contributed by atoms with Crippen molar-refractivity contribution in [2.75, 3.05) is 0 Å². The predicted molar refractivity (Wildman–Crippen MR) is 213 cm³/mol. The van der Waals surface area contributed by atoms with E-state index >= 15 is 0 Å². The third kappa shape index (κ3) is 4.46. The Morgan fingerprint density at radius 3 is 1.81 bits per heavy atom. The molecule has 0 N–H and O–H groups in total. The molecule has 0 amide bonds. The summed E-state index contributed by atoms with van der Waals surface area (Å²) in [7, 11) is 0. The number of nitrogens with zero attached hydrogens (tertiary/aromatic N) is 4. The van der Waals surface area contributed by atoms with Crippen LogP contribution < -0.4 is 0 Å². The first-order valence-electron chi connectivity index (χ1n) is 17.4. The fourth-order valence-electron chi connectivity index (χ4n) is 7.76. The van der Waals surface area contributed by atoms with E-state index in [0.29, 0.717) is 17.5 Å². The molecule has 5 nitrogen and oxygen atoms in total. The Morgan fingerprint density at radius 1 is 0.365 bits per heavy atom. The van der Waals surface area contributed by atoms with Gasteiger partial charge in [-0.1, -0.05) is 121 Å². The molecule has 0 bridgehead atoms. The molecule has 52 heavy (non-hydrogen) atoms. The van der Waals surface area contributed by atoms with E-state index in [2.05, 4.69) is 162 Å². The van der Waals surface area contributed by atoms with Gasteiger partial charge in [0, 0.05) is 43.9 Å². The minimum Gasteiger partial charge on any atom is -0.456 e. The Morgan fingerprint density at radius 2 is 1.00 bits per heavy atom. The lowest BCUT2D eigenvalue weighted by Crippen LogP contribution is -2.01. The van der Waals surface area contributed by atoms with Crippen molar-refractivity contribution in [1.29, 1.82) is 0 Å². The molecular weight excluding hydrogens is 637 g/mol. The Balaban J connectivity index is 1.15. The van der Waals surface area contributed by atoms with E-state index in [4.69, 9.17) is 19.4 Å². The highest BCUT2D eigenvalue weighted by molar-refractivity contribution is 6.12. The van der Waals surface area contributed by atoms with E-state index in [9.17, 15) is 0 Å². The molecule has 0 aliphatic carbocycles. The van der Waals surface area contributed by atoms with Crippen molar-refractivity contribution in [3.8, 4) is 39.9 Å². The van der Waals surface area contributed by atoms with Crippen LogP contribution in [0.1, 0.15) is 0 Å². The largest absolute Gasteiger partial charge is 0.456 e. The molecule has 0 aliphatic rings. The van der Waals surface area contributed by atoms with Gasteiger partial charge in [0.25, 0.3) is 0 Å². The average Bonchev–Trinajstić information content (AvgIpc) is 3.74. The van der Waals surface area contributed by atoms with E-state index in [1.54, 1.807) is 0 Å². The molecule has 8 aromatic carbocycles. The first kappa shape index (κ1) is 28.7. The van der Waals surface area contributed by atoms with Crippen molar-refractivity contribution in [1.82, 2.24) is 19.5 Å². The molecule has 0 spiro atoms. The van der Waals surface area contributed by atoms with Crippen molar-refractivity contribution in [3.63, 3.8) is 0 Å². The molecule has 0 aliphatic heterocycles. The summed E-state index contributed by atoms with van der Waals surface area (Å²) in [5.41, 5.74) is 7.88. The highest BCUT2D eigenvalue weighted by atomic mass is 16.3. The van der Waals surface area contributed by atoms with Crippen LogP contribution in [-0.4, -0.2) is 19.5 Å². The number of hydrogen-bond acceptors (Lipinski definition) is 4. The van der Waals surface area contributed by atoms with Gasteiger partial charge in [-0.25, -0.2) is 15.0 Å². The molecule has 0 saturated carbocycles. The molecular formula is C47H28N4O. The second kappa shape index (κ2) is 11.2. The maximum absolute atomic E-state index is 6.25. The number of aromatic nitrogens is 4. The van der Waals surface area contributed by atoms with Crippen LogP contribution in [0.3, 0.4) is 0 Å². The molecule has 242 valence electrons. The second-order valence-corrected chi connectivity index (χ2v) is 13.3. The Labute approximate surface area is 298 Å². The number of benzene rings is 8.